The van der Waals surface area contributed by atoms with Gasteiger partial charge in [-0.2, -0.15) is 5.10 Å². The molecule has 28 heavy (non-hydrogen) atoms. The minimum Gasteiger partial charge on any atom is -0.497 e. The van der Waals surface area contributed by atoms with Crippen LogP contribution in [0.15, 0.2) is 41.8 Å². The number of carbonyl (C=O) groups is 1. The summed E-state index contributed by atoms with van der Waals surface area (Å²) in [5.74, 6) is 0.0897. The molecule has 0 bridgehead atoms. The van der Waals surface area contributed by atoms with Crippen molar-refractivity contribution in [3.8, 4) is 28.3 Å². The van der Waals surface area contributed by atoms with Gasteiger partial charge in [-0.25, -0.2) is 18.4 Å². The normalized spacial score (nSPS) is 11.4. The Morgan fingerprint density at radius 1 is 1.29 bits per heavy atom. The van der Waals surface area contributed by atoms with Gasteiger partial charge in [-0.1, -0.05) is 0 Å². The largest absolute Gasteiger partial charge is 0.497 e. The van der Waals surface area contributed by atoms with E-state index in [1.54, 1.807) is 25.4 Å². The minimum atomic E-state index is -3.58. The zero-order chi connectivity index (χ0) is 20.5. The molecular weight excluding hydrogens is 382 g/mol. The average Bonchev–Trinajstić information content (AvgIpc) is 3.03. The second-order valence-electron chi connectivity index (χ2n) is 6.29. The van der Waals surface area contributed by atoms with E-state index in [4.69, 9.17) is 10.5 Å². The number of amides is 1. The minimum absolute atomic E-state index is 0.125. The van der Waals surface area contributed by atoms with E-state index < -0.39 is 15.7 Å². The number of primary amides is 1. The van der Waals surface area contributed by atoms with Gasteiger partial charge in [0, 0.05) is 29.8 Å². The van der Waals surface area contributed by atoms with Crippen LogP contribution in [0.2, 0.25) is 0 Å². The summed E-state index contributed by atoms with van der Waals surface area (Å²) in [7, 11) is -2.02. The molecule has 0 saturated carbocycles. The van der Waals surface area contributed by atoms with E-state index in [0.29, 0.717) is 22.7 Å². The third-order valence-electron chi connectivity index (χ3n) is 3.88. The summed E-state index contributed by atoms with van der Waals surface area (Å²) in [5.41, 5.74) is 8.39. The number of methoxy groups -OCH3 is 1. The molecule has 1 amide bonds. The van der Waals surface area contributed by atoms with Crippen molar-refractivity contribution in [2.75, 3.05) is 13.4 Å². The highest BCUT2D eigenvalue weighted by Gasteiger charge is 2.19. The van der Waals surface area contributed by atoms with E-state index in [1.165, 1.54) is 10.9 Å². The van der Waals surface area contributed by atoms with Gasteiger partial charge in [-0.05, 0) is 36.8 Å². The maximum absolute atomic E-state index is 11.8. The molecule has 0 unspecified atom stereocenters. The highest BCUT2D eigenvalue weighted by Crippen LogP contribution is 2.33. The number of ether oxygens (including phenoxy) is 1. The van der Waals surface area contributed by atoms with Gasteiger partial charge in [0.2, 0.25) is 20.9 Å². The van der Waals surface area contributed by atoms with Crippen LogP contribution in [-0.2, 0) is 21.2 Å². The van der Waals surface area contributed by atoms with Crippen molar-refractivity contribution in [2.45, 2.75) is 18.6 Å². The molecule has 2 N–H and O–H groups in total. The molecule has 2 aromatic heterocycles. The van der Waals surface area contributed by atoms with Crippen LogP contribution in [0.3, 0.4) is 0 Å². The lowest BCUT2D eigenvalue weighted by atomic mass is 10.0. The fourth-order valence-electron chi connectivity index (χ4n) is 2.73. The first-order valence-corrected chi connectivity index (χ1v) is 10.1. The summed E-state index contributed by atoms with van der Waals surface area (Å²) < 4.78 is 30.4. The molecule has 0 aliphatic heterocycles. The molecule has 0 radical (unpaired) electrons. The van der Waals surface area contributed by atoms with Crippen molar-refractivity contribution in [1.29, 1.82) is 0 Å². The molecule has 0 fully saturated rings. The number of benzene rings is 1. The Hall–Kier alpha value is -3.27. The monoisotopic (exact) mass is 401 g/mol. The number of aryl methyl sites for hydroxylation is 1. The van der Waals surface area contributed by atoms with Crippen molar-refractivity contribution in [1.82, 2.24) is 19.7 Å². The van der Waals surface area contributed by atoms with Crippen LogP contribution in [0.1, 0.15) is 5.56 Å². The van der Waals surface area contributed by atoms with E-state index >= 15 is 0 Å². The Balaban J connectivity index is 2.22. The molecule has 0 aliphatic rings. The van der Waals surface area contributed by atoms with Gasteiger partial charge < -0.3 is 10.5 Å². The zero-order valence-electron chi connectivity index (χ0n) is 15.6. The van der Waals surface area contributed by atoms with Gasteiger partial charge in [0.05, 0.1) is 12.8 Å². The number of sulfone groups is 1. The van der Waals surface area contributed by atoms with Crippen LogP contribution in [0.5, 0.6) is 5.75 Å². The standard InChI is InChI=1S/C18H19N5O4S/c1-11-6-12(8-13(7-11)27-2)17-14(9-23(22-17)10-16(19)24)15-4-5-20-18(21-15)28(3,25)26/h4-9H,10H2,1-3H3,(H2,19,24). The van der Waals surface area contributed by atoms with Gasteiger partial charge in [-0.3, -0.25) is 9.48 Å². The van der Waals surface area contributed by atoms with E-state index in [2.05, 4.69) is 15.1 Å². The lowest BCUT2D eigenvalue weighted by molar-refractivity contribution is -0.118. The van der Waals surface area contributed by atoms with E-state index in [1.807, 2.05) is 19.1 Å². The summed E-state index contributed by atoms with van der Waals surface area (Å²) in [6, 6.07) is 7.15. The van der Waals surface area contributed by atoms with Crippen molar-refractivity contribution in [3.63, 3.8) is 0 Å². The second-order valence-corrected chi connectivity index (χ2v) is 8.20. The maximum atomic E-state index is 11.8. The summed E-state index contributed by atoms with van der Waals surface area (Å²) in [6.45, 7) is 1.79. The van der Waals surface area contributed by atoms with Crippen LogP contribution in [0, 0.1) is 6.92 Å². The van der Waals surface area contributed by atoms with Crippen LogP contribution < -0.4 is 10.5 Å². The summed E-state index contributed by atoms with van der Waals surface area (Å²) in [5, 5.41) is 4.16. The van der Waals surface area contributed by atoms with Crippen molar-refractivity contribution < 1.29 is 17.9 Å². The Kier molecular flexibility index (Phi) is 5.14. The number of nitrogens with zero attached hydrogens (tertiary/aromatic N) is 4. The average molecular weight is 401 g/mol. The highest BCUT2D eigenvalue weighted by atomic mass is 32.2. The van der Waals surface area contributed by atoms with Crippen molar-refractivity contribution in [2.24, 2.45) is 5.73 Å². The number of hydrogen-bond acceptors (Lipinski definition) is 7. The van der Waals surface area contributed by atoms with E-state index in [0.717, 1.165) is 17.4 Å². The van der Waals surface area contributed by atoms with Gasteiger partial charge in [-0.15, -0.1) is 0 Å². The zero-order valence-corrected chi connectivity index (χ0v) is 16.4. The molecule has 1 aromatic carbocycles. The number of carbonyl (C=O) groups excluding carboxylic acids is 1. The topological polar surface area (TPSA) is 130 Å². The number of aromatic nitrogens is 4. The fraction of sp³-hybridized carbons (Fsp3) is 0.222. The van der Waals surface area contributed by atoms with E-state index in [9.17, 15) is 13.2 Å². The van der Waals surface area contributed by atoms with Gasteiger partial charge >= 0.3 is 0 Å². The second kappa shape index (κ2) is 7.39. The van der Waals surface area contributed by atoms with Gasteiger partial charge in [0.1, 0.15) is 18.0 Å². The SMILES string of the molecule is COc1cc(C)cc(-c2nn(CC(N)=O)cc2-c2ccnc(S(C)(=O)=O)n2)c1. The Bertz CT molecular complexity index is 1150. The lowest BCUT2D eigenvalue weighted by Crippen LogP contribution is -2.18. The van der Waals surface area contributed by atoms with E-state index in [-0.39, 0.29) is 11.7 Å². The molecule has 0 aliphatic carbocycles. The third kappa shape index (κ3) is 4.17. The number of hydrogen-bond donors (Lipinski definition) is 1. The summed E-state index contributed by atoms with van der Waals surface area (Å²) in [4.78, 5) is 19.3. The first-order chi connectivity index (χ1) is 13.2. The highest BCUT2D eigenvalue weighted by molar-refractivity contribution is 7.90. The van der Waals surface area contributed by atoms with Gasteiger partial charge in [0.25, 0.3) is 0 Å². The molecule has 146 valence electrons. The molecule has 0 spiro atoms. The fourth-order valence-corrected chi connectivity index (χ4v) is 3.25. The summed E-state index contributed by atoms with van der Waals surface area (Å²) in [6.07, 6.45) is 4.00. The Labute approximate surface area is 162 Å². The van der Waals surface area contributed by atoms with Crippen LogP contribution in [0.25, 0.3) is 22.5 Å². The van der Waals surface area contributed by atoms with Crippen LogP contribution >= 0.6 is 0 Å². The first kappa shape index (κ1) is 19.5. The molecule has 2 heterocycles. The van der Waals surface area contributed by atoms with Crippen molar-refractivity contribution in [3.05, 3.63) is 42.2 Å². The van der Waals surface area contributed by atoms with Crippen molar-refractivity contribution >= 4 is 15.7 Å². The molecule has 0 atom stereocenters. The first-order valence-electron chi connectivity index (χ1n) is 8.22. The number of rotatable bonds is 6. The smallest absolute Gasteiger partial charge is 0.247 e. The Morgan fingerprint density at radius 2 is 2.04 bits per heavy atom. The lowest BCUT2D eigenvalue weighted by Gasteiger charge is -2.07. The maximum Gasteiger partial charge on any atom is 0.247 e. The molecule has 10 heteroatoms. The van der Waals surface area contributed by atoms with Gasteiger partial charge in [0.15, 0.2) is 0 Å². The summed E-state index contributed by atoms with van der Waals surface area (Å²) >= 11 is 0. The predicted octanol–water partition coefficient (Wildman–Crippen LogP) is 1.21. The van der Waals surface area contributed by atoms with Crippen LogP contribution in [-0.4, -0.2) is 47.4 Å². The Morgan fingerprint density at radius 3 is 2.68 bits per heavy atom. The third-order valence-corrected chi connectivity index (χ3v) is 4.74. The molecule has 9 nitrogen and oxygen atoms in total. The predicted molar refractivity (Wildman–Crippen MR) is 102 cm³/mol. The molecular formula is C18H19N5O4S. The van der Waals surface area contributed by atoms with Crippen LogP contribution in [0.4, 0.5) is 0 Å². The number of nitrogens with two attached hydrogens (primary N) is 1. The molecule has 0 saturated heterocycles. The molecule has 3 aromatic rings. The quantitative estimate of drug-likeness (QED) is 0.614. The molecule has 3 rings (SSSR count).